The molecule has 0 unspecified atom stereocenters. The van der Waals surface area contributed by atoms with E-state index in [1.54, 1.807) is 81.4 Å². The van der Waals surface area contributed by atoms with Crippen LogP contribution in [0.2, 0.25) is 0 Å². The van der Waals surface area contributed by atoms with Gasteiger partial charge in [-0.25, -0.2) is 19.0 Å². The first-order chi connectivity index (χ1) is 34.4. The zero-order chi connectivity index (χ0) is 56.3. The molecule has 4 aromatic rings. The van der Waals surface area contributed by atoms with Crippen molar-refractivity contribution in [2.45, 2.75) is 141 Å². The Bertz CT molecular complexity index is 2650. The highest BCUT2D eigenvalue weighted by Crippen LogP contribution is 2.42. The van der Waals surface area contributed by atoms with E-state index in [1.165, 1.54) is 33.8 Å². The monoisotopic (exact) mass is 1030 g/mol. The second-order valence-electron chi connectivity index (χ2n) is 19.6. The maximum absolute atomic E-state index is 12.8. The molecular formula is C47H67FN10O15. The Hall–Kier alpha value is -6.65. The summed E-state index contributed by atoms with van der Waals surface area (Å²) in [5.41, 5.74) is 7.64. The summed E-state index contributed by atoms with van der Waals surface area (Å²) < 4.78 is 45.1. The third-order valence-electron chi connectivity index (χ3n) is 11.4. The molecule has 0 spiro atoms. The fourth-order valence-electron chi connectivity index (χ4n) is 7.71. The standard InChI is InChI=1S/C23H31N5O7.C12H13N5O4.C11H20O4.CH3F/c1-12(2)13(8-17(29)35-22(3,4)5)21(32)33-9-15-18(30)19(31)23(10-24,34-15)16-7-6-14-20(25)26-11-27-28(14)16;13-4-12(10(20)9(19)7(3-18)21-12)8-2-1-6-11(14)15-5-16-17(6)8;1-7(2)8(10(13)14)6-9(12)15-11(3,4)5;1-2/h6-7,11-13,15,18-19,30-31H,8-9H2,1-5H3,(H2,25,26,27);1-2,5,7,9-10,18-20H,3H2,(H2,14,15,16);7-8H,6H2,1-5H3,(H,13,14);1H3/t13-,15+,18+,19+,23-;7-,9-,10-,12+;8-;/m010./s1/i;;;1D. The summed E-state index contributed by atoms with van der Waals surface area (Å²) in [4.78, 5) is 54.9. The van der Waals surface area contributed by atoms with Crippen LogP contribution in [0.4, 0.5) is 16.0 Å². The van der Waals surface area contributed by atoms with Crippen LogP contribution in [0.15, 0.2) is 36.9 Å². The molecule has 73 heavy (non-hydrogen) atoms. The number of carboxylic acid groups (broad SMARTS) is 1. The largest absolute Gasteiger partial charge is 0.481 e. The number of aliphatic carboxylic acids is 1. The minimum absolute atomic E-state index is 0.0652. The summed E-state index contributed by atoms with van der Waals surface area (Å²) in [6.45, 7) is 16.6. The van der Waals surface area contributed by atoms with Crippen LogP contribution >= 0.6 is 0 Å². The number of nitrogen functional groups attached to an aromatic ring is 2. The molecule has 2 fully saturated rings. The second-order valence-corrected chi connectivity index (χ2v) is 19.6. The quantitative estimate of drug-likeness (QED) is 0.0695. The van der Waals surface area contributed by atoms with Gasteiger partial charge in [-0.15, -0.1) is 0 Å². The van der Waals surface area contributed by atoms with E-state index >= 15 is 0 Å². The molecule has 10 atom stereocenters. The summed E-state index contributed by atoms with van der Waals surface area (Å²) in [6.07, 6.45) is -6.27. The zero-order valence-electron chi connectivity index (χ0n) is 43.2. The summed E-state index contributed by atoms with van der Waals surface area (Å²) in [6, 6.07) is 9.94. The van der Waals surface area contributed by atoms with E-state index in [9.17, 15) is 59.6 Å². The van der Waals surface area contributed by atoms with Gasteiger partial charge in [0.1, 0.15) is 90.3 Å². The first kappa shape index (κ1) is 58.9. The number of carbonyl (C=O) groups excluding carboxylic acids is 3. The molecule has 0 aliphatic carbocycles. The number of carbonyl (C=O) groups is 4. The summed E-state index contributed by atoms with van der Waals surface area (Å²) in [5, 5.41) is 87.1. The normalized spacial score (nSPS) is 24.6. The van der Waals surface area contributed by atoms with Crippen LogP contribution in [0.3, 0.4) is 0 Å². The lowest BCUT2D eigenvalue weighted by molar-refractivity contribution is -0.165. The Balaban J connectivity index is 0.000000313. The van der Waals surface area contributed by atoms with Gasteiger partial charge in [-0.05, 0) is 77.6 Å². The maximum atomic E-state index is 12.8. The molecule has 6 heterocycles. The first-order valence-corrected chi connectivity index (χ1v) is 22.8. The van der Waals surface area contributed by atoms with Gasteiger partial charge in [0, 0.05) is 0 Å². The third-order valence-corrected chi connectivity index (χ3v) is 11.4. The lowest BCUT2D eigenvalue weighted by atomic mass is 9.92. The van der Waals surface area contributed by atoms with Gasteiger partial charge in [0.25, 0.3) is 0 Å². The topological polar surface area (TPSA) is 396 Å². The van der Waals surface area contributed by atoms with Gasteiger partial charge in [0.15, 0.2) is 11.6 Å². The van der Waals surface area contributed by atoms with Crippen molar-refractivity contribution in [1.82, 2.24) is 29.2 Å². The van der Waals surface area contributed by atoms with Crippen molar-refractivity contribution in [3.05, 3.63) is 48.3 Å². The van der Waals surface area contributed by atoms with Crippen LogP contribution in [0, 0.1) is 46.3 Å². The van der Waals surface area contributed by atoms with Crippen LogP contribution in [0.25, 0.3) is 11.0 Å². The zero-order valence-corrected chi connectivity index (χ0v) is 42.2. The smallest absolute Gasteiger partial charge is 0.309 e. The van der Waals surface area contributed by atoms with Gasteiger partial charge in [-0.1, -0.05) is 27.7 Å². The van der Waals surface area contributed by atoms with Crippen molar-refractivity contribution < 1.29 is 79.3 Å². The molecule has 402 valence electrons. The number of ether oxygens (including phenoxy) is 5. The lowest BCUT2D eigenvalue weighted by Gasteiger charge is -2.24. The minimum atomic E-state index is -2.00. The Morgan fingerprint density at radius 3 is 1.49 bits per heavy atom. The highest BCUT2D eigenvalue weighted by atomic mass is 19.1. The number of aliphatic hydroxyl groups is 5. The number of esters is 3. The number of rotatable bonds is 13. The molecule has 26 heteroatoms. The second kappa shape index (κ2) is 24.9. The number of nitrogens with two attached hydrogens (primary N) is 2. The number of nitriles is 2. The summed E-state index contributed by atoms with van der Waals surface area (Å²) in [5.74, 6) is -4.02. The van der Waals surface area contributed by atoms with E-state index in [-0.39, 0.29) is 47.7 Å². The molecule has 6 rings (SSSR count). The van der Waals surface area contributed by atoms with Gasteiger partial charge in [0.05, 0.1) is 51.2 Å². The molecule has 2 saturated heterocycles. The van der Waals surface area contributed by atoms with Crippen molar-refractivity contribution in [3.63, 3.8) is 0 Å². The number of hydrogen-bond donors (Lipinski definition) is 8. The molecular weight excluding hydrogens is 964 g/mol. The predicted octanol–water partition coefficient (Wildman–Crippen LogP) is 1.50. The number of anilines is 2. The molecule has 10 N–H and O–H groups in total. The van der Waals surface area contributed by atoms with E-state index in [0.717, 1.165) is 0 Å². The van der Waals surface area contributed by atoms with Crippen molar-refractivity contribution in [2.75, 3.05) is 31.8 Å². The maximum Gasteiger partial charge on any atom is 0.309 e. The minimum Gasteiger partial charge on any atom is -0.481 e. The predicted molar refractivity (Wildman–Crippen MR) is 253 cm³/mol. The molecule has 0 bridgehead atoms. The van der Waals surface area contributed by atoms with Crippen molar-refractivity contribution in [2.24, 2.45) is 23.7 Å². The molecule has 0 radical (unpaired) electrons. The van der Waals surface area contributed by atoms with Gasteiger partial charge in [0.2, 0.25) is 11.2 Å². The number of nitrogens with zero attached hydrogens (tertiary/aromatic N) is 8. The van der Waals surface area contributed by atoms with Crippen LogP contribution < -0.4 is 11.5 Å². The van der Waals surface area contributed by atoms with E-state index in [4.69, 9.17) is 41.6 Å². The van der Waals surface area contributed by atoms with Gasteiger partial charge < -0.3 is 65.8 Å². The highest BCUT2D eigenvalue weighted by Gasteiger charge is 2.59. The fraction of sp³-hybridized carbons (Fsp3) is 0.617. The molecule has 0 saturated carbocycles. The Morgan fingerprint density at radius 2 is 1.15 bits per heavy atom. The molecule has 25 nitrogen and oxygen atoms in total. The highest BCUT2D eigenvalue weighted by molar-refractivity contribution is 5.80. The fourth-order valence-corrected chi connectivity index (χ4v) is 7.71. The summed E-state index contributed by atoms with van der Waals surface area (Å²) >= 11 is 0. The third kappa shape index (κ3) is 14.1. The Labute approximate surface area is 421 Å². The number of halogens is 1. The van der Waals surface area contributed by atoms with E-state index < -0.39 is 115 Å². The average molecular weight is 1030 g/mol. The Kier molecular flexibility index (Phi) is 20.1. The Morgan fingerprint density at radius 1 is 0.767 bits per heavy atom. The van der Waals surface area contributed by atoms with Crippen LogP contribution in [-0.2, 0) is 54.1 Å². The van der Waals surface area contributed by atoms with Crippen LogP contribution in [0.1, 0.15) is 94.8 Å². The van der Waals surface area contributed by atoms with E-state index in [1.807, 2.05) is 12.1 Å². The van der Waals surface area contributed by atoms with Crippen molar-refractivity contribution in [3.8, 4) is 12.1 Å². The molecule has 4 aromatic heterocycles. The molecule has 2 aliphatic heterocycles. The van der Waals surface area contributed by atoms with Crippen LogP contribution in [-0.4, -0.2) is 152 Å². The average Bonchev–Trinajstić information content (AvgIpc) is 4.07. The lowest BCUT2D eigenvalue weighted by Crippen LogP contribution is -2.41. The molecule has 2 aliphatic rings. The number of carboxylic acids is 1. The van der Waals surface area contributed by atoms with Gasteiger partial charge in [-0.2, -0.15) is 20.7 Å². The number of aromatic nitrogens is 6. The SMILES string of the molecule is CC(C)[C@H](CC(=O)OC(C)(C)C)C(=O)O.CC(C)[C@H](CC(=O)OC(C)(C)C)C(=O)OC[C@H]1O[C@@](C#N)(c2ccc3c(N)ncnn23)[C@H](O)[C@@H]1O.N#C[C@@]1(c2ccc3c(N)ncnn23)O[C@H](CO)[C@@H](O)[C@H]1O.[2H]CF. The van der Waals surface area contributed by atoms with Gasteiger partial charge >= 0.3 is 23.9 Å². The van der Waals surface area contributed by atoms with Gasteiger partial charge in [-0.3, -0.25) is 23.6 Å². The molecule has 0 amide bonds. The molecule has 0 aromatic carbocycles. The van der Waals surface area contributed by atoms with E-state index in [2.05, 4.69) is 20.2 Å². The summed E-state index contributed by atoms with van der Waals surface area (Å²) in [7, 11) is -1.00. The van der Waals surface area contributed by atoms with Crippen LogP contribution in [0.5, 0.6) is 0 Å². The van der Waals surface area contributed by atoms with Crippen molar-refractivity contribution >= 4 is 46.5 Å². The van der Waals surface area contributed by atoms with Crippen molar-refractivity contribution in [1.29, 1.82) is 10.5 Å². The number of hydrogen-bond acceptors (Lipinski definition) is 22. The van der Waals surface area contributed by atoms with E-state index in [0.29, 0.717) is 11.0 Å². The first-order valence-electron chi connectivity index (χ1n) is 23.5. The number of aliphatic hydroxyl groups excluding tert-OH is 5. The number of fused-ring (bicyclic) bond motifs is 2. The number of alkyl halides is 1.